The van der Waals surface area contributed by atoms with Crippen molar-refractivity contribution in [3.05, 3.63) is 85.5 Å². The molecule has 0 fully saturated rings. The van der Waals surface area contributed by atoms with E-state index < -0.39 is 11.4 Å². The summed E-state index contributed by atoms with van der Waals surface area (Å²) in [4.78, 5) is 14.7. The van der Waals surface area contributed by atoms with E-state index in [-0.39, 0.29) is 17.2 Å². The fourth-order valence-electron chi connectivity index (χ4n) is 2.64. The van der Waals surface area contributed by atoms with E-state index in [9.17, 15) is 14.4 Å². The fraction of sp³-hybridized carbons (Fsp3) is 0.100. The molecule has 0 atom stereocenters. The van der Waals surface area contributed by atoms with Crippen LogP contribution in [0, 0.1) is 24.1 Å². The molecule has 1 aromatic heterocycles. The second-order valence-corrected chi connectivity index (χ2v) is 6.69. The molecular formula is C20H13Cl2FN2O2. The number of nitriles is 1. The number of ether oxygens (including phenoxy) is 1. The maximum atomic E-state index is 13.2. The summed E-state index contributed by atoms with van der Waals surface area (Å²) in [6, 6.07) is 12.5. The Morgan fingerprint density at radius 3 is 2.63 bits per heavy atom. The van der Waals surface area contributed by atoms with E-state index in [1.165, 1.54) is 18.2 Å². The first-order chi connectivity index (χ1) is 12.9. The summed E-state index contributed by atoms with van der Waals surface area (Å²) in [7, 11) is 0. The smallest absolute Gasteiger partial charge is 0.266 e. The van der Waals surface area contributed by atoms with Crippen molar-refractivity contribution in [3.63, 3.8) is 0 Å². The van der Waals surface area contributed by atoms with Gasteiger partial charge in [-0.2, -0.15) is 5.26 Å². The molecule has 1 heterocycles. The average molecular weight is 403 g/mol. The molecule has 4 nitrogen and oxygen atoms in total. The molecule has 2 aromatic carbocycles. The first-order valence-electron chi connectivity index (χ1n) is 7.89. The third-order valence-corrected chi connectivity index (χ3v) is 4.50. The number of H-pyrrole nitrogens is 1. The summed E-state index contributed by atoms with van der Waals surface area (Å²) < 4.78 is 19.0. The molecule has 3 rings (SSSR count). The molecule has 0 radical (unpaired) electrons. The topological polar surface area (TPSA) is 65.9 Å². The van der Waals surface area contributed by atoms with Gasteiger partial charge in [-0.05, 0) is 43.3 Å². The maximum absolute atomic E-state index is 13.2. The predicted octanol–water partition coefficient (Wildman–Crippen LogP) is 5.25. The third kappa shape index (κ3) is 4.13. The molecule has 0 spiro atoms. The minimum atomic E-state index is -0.486. The monoisotopic (exact) mass is 402 g/mol. The van der Waals surface area contributed by atoms with Crippen molar-refractivity contribution in [2.75, 3.05) is 0 Å². The molecule has 0 amide bonds. The van der Waals surface area contributed by atoms with Crippen molar-refractivity contribution in [2.24, 2.45) is 0 Å². The number of hydrogen-bond donors (Lipinski definition) is 1. The SMILES string of the molecule is Cc1cc(-c2cc(Cl)ccc2OCc2ccc(F)cc2Cl)c(C#N)c(=O)[nH]1. The standard InChI is InChI=1S/C20H13Cl2FN2O2/c1-11-6-15(17(9-24)20(26)25-11)16-7-13(21)3-5-19(16)27-10-12-2-4-14(23)8-18(12)22/h2-8H,10H2,1H3,(H,25,26). The quantitative estimate of drug-likeness (QED) is 0.647. The number of pyridine rings is 1. The highest BCUT2D eigenvalue weighted by Gasteiger charge is 2.16. The largest absolute Gasteiger partial charge is 0.488 e. The summed E-state index contributed by atoms with van der Waals surface area (Å²) in [5, 5.41) is 10.1. The highest BCUT2D eigenvalue weighted by Crippen LogP contribution is 2.35. The number of nitrogens with one attached hydrogen (secondary N) is 1. The lowest BCUT2D eigenvalue weighted by Gasteiger charge is -2.14. The summed E-state index contributed by atoms with van der Waals surface area (Å²) >= 11 is 12.2. The van der Waals surface area contributed by atoms with Crippen LogP contribution in [0.2, 0.25) is 10.0 Å². The molecule has 3 aromatic rings. The van der Waals surface area contributed by atoms with E-state index >= 15 is 0 Å². The number of nitrogens with zero attached hydrogens (tertiary/aromatic N) is 1. The summed E-state index contributed by atoms with van der Waals surface area (Å²) in [5.74, 6) is -0.0186. The van der Waals surface area contributed by atoms with Crippen molar-refractivity contribution in [2.45, 2.75) is 13.5 Å². The molecule has 0 aliphatic heterocycles. The predicted molar refractivity (Wildman–Crippen MR) is 103 cm³/mol. The Morgan fingerprint density at radius 2 is 1.93 bits per heavy atom. The molecule has 0 saturated carbocycles. The Balaban J connectivity index is 2.05. The van der Waals surface area contributed by atoms with Gasteiger partial charge in [0.1, 0.15) is 29.8 Å². The van der Waals surface area contributed by atoms with Crippen LogP contribution in [0.3, 0.4) is 0 Å². The van der Waals surface area contributed by atoms with Crippen molar-refractivity contribution in [1.82, 2.24) is 4.98 Å². The normalized spacial score (nSPS) is 10.5. The van der Waals surface area contributed by atoms with Crippen LogP contribution in [-0.2, 0) is 6.61 Å². The first-order valence-corrected chi connectivity index (χ1v) is 8.65. The average Bonchev–Trinajstić information content (AvgIpc) is 2.61. The molecule has 136 valence electrons. The van der Waals surface area contributed by atoms with E-state index in [2.05, 4.69) is 4.98 Å². The Kier molecular flexibility index (Phi) is 5.50. The fourth-order valence-corrected chi connectivity index (χ4v) is 3.04. The number of rotatable bonds is 4. The van der Waals surface area contributed by atoms with E-state index in [1.807, 2.05) is 6.07 Å². The van der Waals surface area contributed by atoms with Gasteiger partial charge in [0, 0.05) is 27.4 Å². The Labute approximate surface area is 164 Å². The van der Waals surface area contributed by atoms with E-state index in [0.717, 1.165) is 0 Å². The van der Waals surface area contributed by atoms with Crippen LogP contribution in [-0.4, -0.2) is 4.98 Å². The van der Waals surface area contributed by atoms with Crippen LogP contribution in [0.4, 0.5) is 4.39 Å². The molecule has 7 heteroatoms. The number of benzene rings is 2. The Hall–Kier alpha value is -2.81. The zero-order valence-electron chi connectivity index (χ0n) is 14.1. The first kappa shape index (κ1) is 19.0. The number of aromatic amines is 1. The van der Waals surface area contributed by atoms with Gasteiger partial charge < -0.3 is 9.72 Å². The Morgan fingerprint density at radius 1 is 1.15 bits per heavy atom. The second kappa shape index (κ2) is 7.83. The number of hydrogen-bond acceptors (Lipinski definition) is 3. The zero-order valence-corrected chi connectivity index (χ0v) is 15.7. The summed E-state index contributed by atoms with van der Waals surface area (Å²) in [5.41, 5.74) is 1.60. The summed E-state index contributed by atoms with van der Waals surface area (Å²) in [6.45, 7) is 1.80. The highest BCUT2D eigenvalue weighted by molar-refractivity contribution is 6.31. The van der Waals surface area contributed by atoms with Crippen molar-refractivity contribution >= 4 is 23.2 Å². The van der Waals surface area contributed by atoms with Crippen LogP contribution in [0.25, 0.3) is 11.1 Å². The highest BCUT2D eigenvalue weighted by atomic mass is 35.5. The van der Waals surface area contributed by atoms with Crippen molar-refractivity contribution < 1.29 is 9.13 Å². The lowest BCUT2D eigenvalue weighted by atomic mass is 10.00. The number of aromatic nitrogens is 1. The van der Waals surface area contributed by atoms with Gasteiger partial charge in [-0.3, -0.25) is 4.79 Å². The maximum Gasteiger partial charge on any atom is 0.266 e. The van der Waals surface area contributed by atoms with Crippen molar-refractivity contribution in [1.29, 1.82) is 5.26 Å². The molecule has 27 heavy (non-hydrogen) atoms. The molecular weight excluding hydrogens is 390 g/mol. The second-order valence-electron chi connectivity index (χ2n) is 5.85. The molecule has 0 bridgehead atoms. The van der Waals surface area contributed by atoms with Gasteiger partial charge in [-0.25, -0.2) is 4.39 Å². The molecule has 0 aliphatic rings. The van der Waals surface area contributed by atoms with Gasteiger partial charge in [0.25, 0.3) is 5.56 Å². The van der Waals surface area contributed by atoms with Gasteiger partial charge in [0.15, 0.2) is 0 Å². The van der Waals surface area contributed by atoms with Crippen molar-refractivity contribution in [3.8, 4) is 22.9 Å². The van der Waals surface area contributed by atoms with Gasteiger partial charge >= 0.3 is 0 Å². The van der Waals surface area contributed by atoms with E-state index in [0.29, 0.717) is 33.2 Å². The molecule has 1 N–H and O–H groups in total. The van der Waals surface area contributed by atoms with Gasteiger partial charge in [0.2, 0.25) is 0 Å². The van der Waals surface area contributed by atoms with Gasteiger partial charge in [0.05, 0.1) is 5.02 Å². The van der Waals surface area contributed by atoms with E-state index in [4.69, 9.17) is 27.9 Å². The molecule has 0 aliphatic carbocycles. The zero-order chi connectivity index (χ0) is 19.6. The van der Waals surface area contributed by atoms with Crippen LogP contribution in [0.1, 0.15) is 16.8 Å². The lowest BCUT2D eigenvalue weighted by Crippen LogP contribution is -2.13. The number of halogens is 3. The van der Waals surface area contributed by atoms with Crippen LogP contribution >= 0.6 is 23.2 Å². The van der Waals surface area contributed by atoms with Gasteiger partial charge in [-0.1, -0.05) is 29.3 Å². The Bertz CT molecular complexity index is 1120. The minimum absolute atomic E-state index is 0.0347. The third-order valence-electron chi connectivity index (χ3n) is 3.91. The minimum Gasteiger partial charge on any atom is -0.488 e. The lowest BCUT2D eigenvalue weighted by molar-refractivity contribution is 0.307. The molecule has 0 saturated heterocycles. The summed E-state index contributed by atoms with van der Waals surface area (Å²) in [6.07, 6.45) is 0. The van der Waals surface area contributed by atoms with E-state index in [1.54, 1.807) is 31.2 Å². The van der Waals surface area contributed by atoms with Crippen LogP contribution < -0.4 is 10.3 Å². The molecule has 0 unspecified atom stereocenters. The van der Waals surface area contributed by atoms with Crippen LogP contribution in [0.15, 0.2) is 47.3 Å². The van der Waals surface area contributed by atoms with Gasteiger partial charge in [-0.15, -0.1) is 0 Å². The number of aryl methyl sites for hydroxylation is 1. The van der Waals surface area contributed by atoms with Crippen LogP contribution in [0.5, 0.6) is 5.75 Å².